The second-order valence-electron chi connectivity index (χ2n) is 14.9. The van der Waals surface area contributed by atoms with E-state index in [-0.39, 0.29) is 42.8 Å². The molecule has 0 radical (unpaired) electrons. The van der Waals surface area contributed by atoms with Gasteiger partial charge in [0.25, 0.3) is 11.8 Å². The van der Waals surface area contributed by atoms with Crippen LogP contribution in [0.15, 0.2) is 54.6 Å². The highest BCUT2D eigenvalue weighted by molar-refractivity contribution is 7.91. The van der Waals surface area contributed by atoms with Gasteiger partial charge in [0.05, 0.1) is 22.4 Å². The Kier molecular flexibility index (Phi) is 9.91. The Bertz CT molecular complexity index is 2160. The van der Waals surface area contributed by atoms with Crippen LogP contribution < -0.4 is 20.1 Å². The number of aryl methyl sites for hydroxylation is 1. The van der Waals surface area contributed by atoms with Gasteiger partial charge in [0, 0.05) is 12.3 Å². The quantitative estimate of drug-likeness (QED) is 0.303. The Morgan fingerprint density at radius 3 is 2.54 bits per heavy atom. The van der Waals surface area contributed by atoms with Gasteiger partial charge in [-0.3, -0.25) is 23.9 Å². The third kappa shape index (κ3) is 7.27. The van der Waals surface area contributed by atoms with Gasteiger partial charge >= 0.3 is 0 Å². The molecule has 4 aliphatic rings. The first kappa shape index (κ1) is 37.3. The molecule has 5 atom stereocenters. The number of hydrogen-bond acceptors (Lipinski definition) is 9. The molecule has 3 heterocycles. The van der Waals surface area contributed by atoms with Gasteiger partial charge in [0.1, 0.15) is 40.8 Å². The lowest BCUT2D eigenvalue weighted by Crippen LogP contribution is -2.58. The Balaban J connectivity index is 1.21. The number of fused-ring (bicyclic) bond motifs is 3. The molecular formula is C38H42F2N6O7S. The summed E-state index contributed by atoms with van der Waals surface area (Å²) in [6, 6.07) is 7.36. The molecule has 4 amide bonds. The van der Waals surface area contributed by atoms with Gasteiger partial charge in [-0.05, 0) is 76.6 Å². The predicted molar refractivity (Wildman–Crippen MR) is 192 cm³/mol. The summed E-state index contributed by atoms with van der Waals surface area (Å²) in [5.41, 5.74) is -1.20. The van der Waals surface area contributed by atoms with Crippen molar-refractivity contribution in [2.75, 3.05) is 6.54 Å². The zero-order chi connectivity index (χ0) is 38.4. The van der Waals surface area contributed by atoms with Gasteiger partial charge in [0.2, 0.25) is 27.7 Å². The van der Waals surface area contributed by atoms with E-state index in [1.807, 2.05) is 12.2 Å². The number of sulfonamides is 1. The molecule has 0 bridgehead atoms. The summed E-state index contributed by atoms with van der Waals surface area (Å²) in [5, 5.41) is 5.49. The molecule has 3 N–H and O–H groups in total. The van der Waals surface area contributed by atoms with Gasteiger partial charge < -0.3 is 20.3 Å². The first-order valence-electron chi connectivity index (χ1n) is 18.2. The molecule has 1 aromatic heterocycles. The Hall–Kier alpha value is -4.99. The molecule has 0 unspecified atom stereocenters. The van der Waals surface area contributed by atoms with Gasteiger partial charge in [0.15, 0.2) is 5.82 Å². The number of halogens is 2. The predicted octanol–water partition coefficient (Wildman–Crippen LogP) is 3.76. The van der Waals surface area contributed by atoms with E-state index in [1.165, 1.54) is 35.2 Å². The van der Waals surface area contributed by atoms with E-state index in [0.717, 1.165) is 12.5 Å². The number of para-hydroxylation sites is 1. The number of allylic oxidation sites excluding steroid dienone is 1. The molecular weight excluding hydrogens is 723 g/mol. The van der Waals surface area contributed by atoms with Crippen LogP contribution in [0.5, 0.6) is 5.88 Å². The minimum atomic E-state index is -4.03. The molecule has 2 aromatic carbocycles. The van der Waals surface area contributed by atoms with Crippen LogP contribution in [0.2, 0.25) is 0 Å². The summed E-state index contributed by atoms with van der Waals surface area (Å²) in [4.78, 5) is 66.0. The maximum Gasteiger partial charge on any atom is 0.259 e. The first-order chi connectivity index (χ1) is 25.7. The van der Waals surface area contributed by atoms with E-state index in [4.69, 9.17) is 4.74 Å². The smallest absolute Gasteiger partial charge is 0.259 e. The number of carbonyl (C=O) groups is 4. The number of nitrogens with zero attached hydrogens (tertiary/aromatic N) is 3. The van der Waals surface area contributed by atoms with Gasteiger partial charge in [-0.15, -0.1) is 0 Å². The van der Waals surface area contributed by atoms with Crippen molar-refractivity contribution in [3.63, 3.8) is 0 Å². The first-order valence-corrected chi connectivity index (χ1v) is 19.7. The summed E-state index contributed by atoms with van der Waals surface area (Å²) in [6.45, 7) is 3.03. The molecule has 2 aliphatic heterocycles. The SMILES string of the molecule is Cc1nc2cccc(F)c2nc1O[C@@H]1C[C@H]2C(=O)N[C@]3(C(=O)NS(=O)(=O)C4(C)CC4)C[C@H]3C=CCCCCC[C@H](NC(=O)c3ccccc3F)C(=O)N2C1. The van der Waals surface area contributed by atoms with Gasteiger partial charge in [-0.1, -0.05) is 43.2 Å². The van der Waals surface area contributed by atoms with Gasteiger partial charge in [-0.25, -0.2) is 27.2 Å². The van der Waals surface area contributed by atoms with E-state index < -0.39 is 79.7 Å². The van der Waals surface area contributed by atoms with E-state index in [9.17, 15) is 36.4 Å². The van der Waals surface area contributed by atoms with E-state index in [0.29, 0.717) is 43.3 Å². The second-order valence-corrected chi connectivity index (χ2v) is 17.1. The number of aromatic nitrogens is 2. The molecule has 13 nitrogen and oxygen atoms in total. The molecule has 7 rings (SSSR count). The lowest BCUT2D eigenvalue weighted by molar-refractivity contribution is -0.141. The Morgan fingerprint density at radius 1 is 1.02 bits per heavy atom. The molecule has 1 saturated heterocycles. The number of benzene rings is 2. The number of nitrogens with one attached hydrogen (secondary N) is 3. The summed E-state index contributed by atoms with van der Waals surface area (Å²) in [7, 11) is -4.03. The van der Waals surface area contributed by atoms with Crippen LogP contribution in [0.1, 0.15) is 80.8 Å². The van der Waals surface area contributed by atoms with Crippen molar-refractivity contribution in [3.8, 4) is 5.88 Å². The van der Waals surface area contributed by atoms with Crippen LogP contribution in [-0.2, 0) is 24.4 Å². The summed E-state index contributed by atoms with van der Waals surface area (Å²) >= 11 is 0. The molecule has 286 valence electrons. The summed E-state index contributed by atoms with van der Waals surface area (Å²) < 4.78 is 62.9. The molecule has 3 aromatic rings. The fourth-order valence-electron chi connectivity index (χ4n) is 7.21. The number of amides is 4. The number of ether oxygens (including phenoxy) is 1. The van der Waals surface area contributed by atoms with Crippen LogP contribution in [0, 0.1) is 24.5 Å². The van der Waals surface area contributed by atoms with Crippen molar-refractivity contribution >= 4 is 44.7 Å². The zero-order valence-corrected chi connectivity index (χ0v) is 30.8. The van der Waals surface area contributed by atoms with Crippen LogP contribution in [0.25, 0.3) is 11.0 Å². The molecule has 2 aliphatic carbocycles. The maximum absolute atomic E-state index is 14.7. The molecule has 2 saturated carbocycles. The average molecular weight is 765 g/mol. The fourth-order valence-corrected chi connectivity index (χ4v) is 8.53. The van der Waals surface area contributed by atoms with Crippen LogP contribution >= 0.6 is 0 Å². The highest BCUT2D eigenvalue weighted by atomic mass is 32.2. The van der Waals surface area contributed by atoms with Crippen molar-refractivity contribution in [3.05, 3.63) is 77.5 Å². The van der Waals surface area contributed by atoms with Crippen molar-refractivity contribution < 1.29 is 41.1 Å². The summed E-state index contributed by atoms with van der Waals surface area (Å²) in [5.74, 6) is -4.87. The van der Waals surface area contributed by atoms with Gasteiger partial charge in [-0.2, -0.15) is 0 Å². The maximum atomic E-state index is 14.7. The number of carbonyl (C=O) groups excluding carboxylic acids is 4. The minimum absolute atomic E-state index is 0.000348. The van der Waals surface area contributed by atoms with Crippen molar-refractivity contribution in [1.29, 1.82) is 0 Å². The van der Waals surface area contributed by atoms with Crippen LogP contribution in [0.3, 0.4) is 0 Å². The highest BCUT2D eigenvalue weighted by Gasteiger charge is 2.63. The van der Waals surface area contributed by atoms with Crippen molar-refractivity contribution in [2.45, 2.75) is 100 Å². The third-order valence-corrected chi connectivity index (χ3v) is 13.1. The molecule has 16 heteroatoms. The topological polar surface area (TPSA) is 177 Å². The lowest BCUT2D eigenvalue weighted by Gasteiger charge is -2.30. The molecule has 3 fully saturated rings. The fraction of sp³-hybridized carbons (Fsp3) is 0.474. The number of rotatable bonds is 7. The zero-order valence-electron chi connectivity index (χ0n) is 29.9. The van der Waals surface area contributed by atoms with Crippen LogP contribution in [-0.4, -0.2) is 81.9 Å². The number of hydrogen-bond donors (Lipinski definition) is 3. The average Bonchev–Trinajstić information content (AvgIpc) is 4.01. The highest BCUT2D eigenvalue weighted by Crippen LogP contribution is 2.47. The monoisotopic (exact) mass is 764 g/mol. The van der Waals surface area contributed by atoms with E-state index in [1.54, 1.807) is 19.9 Å². The summed E-state index contributed by atoms with van der Waals surface area (Å²) in [6.07, 6.45) is 6.46. The van der Waals surface area contributed by atoms with Crippen LogP contribution in [0.4, 0.5) is 8.78 Å². The Labute approximate surface area is 311 Å². The largest absolute Gasteiger partial charge is 0.471 e. The normalized spacial score (nSPS) is 26.8. The standard InChI is InChI=1S/C38H42F2N6O7S/c1-22-34(43-31-27(40)14-10-16-28(31)41-22)53-24-19-30-33(48)44-38(36(50)45-54(51,52)37(2)17-18-37)20-23(38)11-6-4-3-5-7-15-29(35(49)46(30)21-24)42-32(47)25-12-8-9-13-26(25)39/h6,8-14,16,23-24,29-30H,3-5,7,15,17-21H2,1-2H3,(H,42,47)(H,44,48)(H,45,50)/t23-,24-,29+,30+,38-/m1/s1. The van der Waals surface area contributed by atoms with E-state index >= 15 is 0 Å². The third-order valence-electron chi connectivity index (χ3n) is 11.0. The van der Waals surface area contributed by atoms with E-state index in [2.05, 4.69) is 25.3 Å². The lowest BCUT2D eigenvalue weighted by atomic mass is 10.0. The van der Waals surface area contributed by atoms with Crippen molar-refractivity contribution in [2.24, 2.45) is 5.92 Å². The Morgan fingerprint density at radius 2 is 1.78 bits per heavy atom. The molecule has 0 spiro atoms. The van der Waals surface area contributed by atoms with Crippen molar-refractivity contribution in [1.82, 2.24) is 30.2 Å². The minimum Gasteiger partial charge on any atom is -0.471 e. The molecule has 54 heavy (non-hydrogen) atoms. The second kappa shape index (κ2) is 14.3.